The minimum Gasteiger partial charge on any atom is -0.497 e. The number of carbonyl (C=O) groups is 1. The second-order valence-electron chi connectivity index (χ2n) is 5.53. The van der Waals surface area contributed by atoms with Gasteiger partial charge in [0, 0.05) is 30.3 Å². The Hall–Kier alpha value is -1.69. The molecule has 0 spiro atoms. The molecule has 2 aromatic carbocycles. The standard InChI is InChI=1S/C18H19NO3S.ClH/c1-22-16-6-7-17-15(10-16)12-19(8-9-23-17)11-13-2-4-14(5-3-13)18(20)21;/h2-7,10H,8-9,11-12H2,1H3,(H,20,21);1H. The number of methoxy groups -OCH3 is 1. The molecule has 24 heavy (non-hydrogen) atoms. The van der Waals surface area contributed by atoms with Crippen LogP contribution in [-0.4, -0.2) is 35.4 Å². The molecule has 0 aliphatic carbocycles. The first kappa shape index (κ1) is 18.6. The van der Waals surface area contributed by atoms with Crippen molar-refractivity contribution in [1.29, 1.82) is 0 Å². The number of nitrogens with zero attached hydrogens (tertiary/aromatic N) is 1. The number of carboxylic acids is 1. The average Bonchev–Trinajstić information content (AvgIpc) is 2.76. The molecule has 0 amide bonds. The molecule has 6 heteroatoms. The number of hydrogen-bond acceptors (Lipinski definition) is 4. The lowest BCUT2D eigenvalue weighted by atomic mass is 10.1. The smallest absolute Gasteiger partial charge is 0.335 e. The maximum absolute atomic E-state index is 10.9. The van der Waals surface area contributed by atoms with Crippen molar-refractivity contribution >= 4 is 30.1 Å². The van der Waals surface area contributed by atoms with Crippen molar-refractivity contribution in [3.63, 3.8) is 0 Å². The number of carboxylic acid groups (broad SMARTS) is 1. The van der Waals surface area contributed by atoms with Gasteiger partial charge in [0.2, 0.25) is 0 Å². The Morgan fingerprint density at radius 2 is 2.00 bits per heavy atom. The Morgan fingerprint density at radius 1 is 1.25 bits per heavy atom. The van der Waals surface area contributed by atoms with Crippen molar-refractivity contribution in [2.24, 2.45) is 0 Å². The van der Waals surface area contributed by atoms with E-state index in [1.807, 2.05) is 30.0 Å². The third-order valence-corrected chi connectivity index (χ3v) is 5.03. The Bertz CT molecular complexity index is 706. The number of aromatic carboxylic acids is 1. The van der Waals surface area contributed by atoms with Gasteiger partial charge >= 0.3 is 5.97 Å². The number of halogens is 1. The van der Waals surface area contributed by atoms with Crippen molar-refractivity contribution in [2.75, 3.05) is 19.4 Å². The fourth-order valence-corrected chi connectivity index (χ4v) is 3.74. The van der Waals surface area contributed by atoms with Crippen molar-refractivity contribution in [1.82, 2.24) is 4.90 Å². The molecule has 1 heterocycles. The molecule has 0 atom stereocenters. The summed E-state index contributed by atoms with van der Waals surface area (Å²) < 4.78 is 5.33. The van der Waals surface area contributed by atoms with E-state index in [9.17, 15) is 4.79 Å². The first-order valence-electron chi connectivity index (χ1n) is 7.50. The van der Waals surface area contributed by atoms with Crippen molar-refractivity contribution in [3.05, 3.63) is 59.2 Å². The molecule has 128 valence electrons. The van der Waals surface area contributed by atoms with Gasteiger partial charge in [-0.15, -0.1) is 24.2 Å². The highest BCUT2D eigenvalue weighted by Crippen LogP contribution is 2.30. The SMILES string of the molecule is COc1ccc2c(c1)CN(Cc1ccc(C(=O)O)cc1)CCS2.Cl. The van der Waals surface area contributed by atoms with E-state index in [4.69, 9.17) is 9.84 Å². The third-order valence-electron chi connectivity index (χ3n) is 3.93. The molecule has 0 saturated heterocycles. The summed E-state index contributed by atoms with van der Waals surface area (Å²) in [4.78, 5) is 14.6. The maximum Gasteiger partial charge on any atom is 0.335 e. The van der Waals surface area contributed by atoms with E-state index < -0.39 is 5.97 Å². The molecule has 1 aliphatic rings. The highest BCUT2D eigenvalue weighted by molar-refractivity contribution is 7.99. The monoisotopic (exact) mass is 365 g/mol. The number of fused-ring (bicyclic) bond motifs is 1. The number of ether oxygens (including phenoxy) is 1. The van der Waals surface area contributed by atoms with Gasteiger partial charge in [0.1, 0.15) is 5.75 Å². The van der Waals surface area contributed by atoms with Gasteiger partial charge in [-0.2, -0.15) is 0 Å². The van der Waals surface area contributed by atoms with Crippen LogP contribution >= 0.6 is 24.2 Å². The van der Waals surface area contributed by atoms with Crippen LogP contribution in [0.15, 0.2) is 47.4 Å². The summed E-state index contributed by atoms with van der Waals surface area (Å²) in [5.74, 6) is 1.05. The Kier molecular flexibility index (Phi) is 6.54. The first-order chi connectivity index (χ1) is 11.2. The second-order valence-corrected chi connectivity index (χ2v) is 6.67. The number of benzene rings is 2. The summed E-state index contributed by atoms with van der Waals surface area (Å²) in [6.07, 6.45) is 0. The predicted molar refractivity (Wildman–Crippen MR) is 98.5 cm³/mol. The summed E-state index contributed by atoms with van der Waals surface area (Å²) in [5, 5.41) is 8.97. The van der Waals surface area contributed by atoms with Gasteiger partial charge in [-0.05, 0) is 41.5 Å². The third kappa shape index (κ3) is 4.44. The van der Waals surface area contributed by atoms with E-state index in [1.165, 1.54) is 10.5 Å². The number of rotatable bonds is 4. The van der Waals surface area contributed by atoms with Gasteiger partial charge in [-0.25, -0.2) is 4.79 Å². The molecule has 0 bridgehead atoms. The lowest BCUT2D eigenvalue weighted by molar-refractivity contribution is 0.0697. The molecule has 2 aromatic rings. The lowest BCUT2D eigenvalue weighted by Crippen LogP contribution is -2.24. The summed E-state index contributed by atoms with van der Waals surface area (Å²) >= 11 is 1.87. The molecule has 0 fully saturated rings. The van der Waals surface area contributed by atoms with Gasteiger partial charge < -0.3 is 9.84 Å². The molecule has 0 saturated carbocycles. The van der Waals surface area contributed by atoms with Crippen LogP contribution in [0.5, 0.6) is 5.75 Å². The average molecular weight is 366 g/mol. The maximum atomic E-state index is 10.9. The van der Waals surface area contributed by atoms with Gasteiger partial charge in [-0.3, -0.25) is 4.90 Å². The van der Waals surface area contributed by atoms with Crippen molar-refractivity contribution in [2.45, 2.75) is 18.0 Å². The quantitative estimate of drug-likeness (QED) is 0.889. The van der Waals surface area contributed by atoms with Crippen LogP contribution in [0, 0.1) is 0 Å². The van der Waals surface area contributed by atoms with Gasteiger partial charge in [-0.1, -0.05) is 12.1 Å². The Morgan fingerprint density at radius 3 is 2.67 bits per heavy atom. The summed E-state index contributed by atoms with van der Waals surface area (Å²) in [6.45, 7) is 2.69. The van der Waals surface area contributed by atoms with E-state index >= 15 is 0 Å². The first-order valence-corrected chi connectivity index (χ1v) is 8.48. The largest absolute Gasteiger partial charge is 0.497 e. The van der Waals surface area contributed by atoms with Crippen LogP contribution < -0.4 is 4.74 Å². The van der Waals surface area contributed by atoms with Crippen LogP contribution in [0.2, 0.25) is 0 Å². The molecule has 1 aliphatic heterocycles. The Labute approximate surface area is 152 Å². The zero-order chi connectivity index (χ0) is 16.2. The highest BCUT2D eigenvalue weighted by Gasteiger charge is 2.16. The molecule has 0 aromatic heterocycles. The molecule has 1 N–H and O–H groups in total. The number of hydrogen-bond donors (Lipinski definition) is 1. The van der Waals surface area contributed by atoms with E-state index in [0.29, 0.717) is 5.56 Å². The minimum atomic E-state index is -0.885. The molecular weight excluding hydrogens is 346 g/mol. The van der Waals surface area contributed by atoms with E-state index in [-0.39, 0.29) is 12.4 Å². The van der Waals surface area contributed by atoms with E-state index in [1.54, 1.807) is 19.2 Å². The Balaban J connectivity index is 0.00000208. The summed E-state index contributed by atoms with van der Waals surface area (Å²) in [6, 6.07) is 13.4. The molecular formula is C18H20ClNO3S. The molecule has 4 nitrogen and oxygen atoms in total. The normalized spacial score (nSPS) is 14.2. The van der Waals surface area contributed by atoms with Crippen LogP contribution in [-0.2, 0) is 13.1 Å². The van der Waals surface area contributed by atoms with Gasteiger partial charge in [0.15, 0.2) is 0 Å². The van der Waals surface area contributed by atoms with Gasteiger partial charge in [0.25, 0.3) is 0 Å². The van der Waals surface area contributed by atoms with Gasteiger partial charge in [0.05, 0.1) is 12.7 Å². The molecule has 0 radical (unpaired) electrons. The van der Waals surface area contributed by atoms with E-state index in [2.05, 4.69) is 17.0 Å². The van der Waals surface area contributed by atoms with Crippen molar-refractivity contribution in [3.8, 4) is 5.75 Å². The summed E-state index contributed by atoms with van der Waals surface area (Å²) in [7, 11) is 1.69. The highest BCUT2D eigenvalue weighted by atomic mass is 35.5. The second kappa shape index (κ2) is 8.42. The lowest BCUT2D eigenvalue weighted by Gasteiger charge is -2.20. The zero-order valence-electron chi connectivity index (χ0n) is 13.4. The fraction of sp³-hybridized carbons (Fsp3) is 0.278. The van der Waals surface area contributed by atoms with Crippen LogP contribution in [0.1, 0.15) is 21.5 Å². The minimum absolute atomic E-state index is 0. The summed E-state index contributed by atoms with van der Waals surface area (Å²) in [5.41, 5.74) is 2.75. The van der Waals surface area contributed by atoms with E-state index in [0.717, 1.165) is 36.7 Å². The van der Waals surface area contributed by atoms with Crippen LogP contribution in [0.3, 0.4) is 0 Å². The van der Waals surface area contributed by atoms with Crippen LogP contribution in [0.25, 0.3) is 0 Å². The van der Waals surface area contributed by atoms with Crippen LogP contribution in [0.4, 0.5) is 0 Å². The predicted octanol–water partition coefficient (Wildman–Crippen LogP) is 3.92. The molecule has 3 rings (SSSR count). The van der Waals surface area contributed by atoms with Crippen molar-refractivity contribution < 1.29 is 14.6 Å². The zero-order valence-corrected chi connectivity index (χ0v) is 15.0. The molecule has 0 unspecified atom stereocenters. The fourth-order valence-electron chi connectivity index (χ4n) is 2.70. The topological polar surface area (TPSA) is 49.8 Å². The number of thioether (sulfide) groups is 1.